The van der Waals surface area contributed by atoms with Gasteiger partial charge in [-0.15, -0.1) is 0 Å². The number of benzene rings is 1. The number of nitrogens with two attached hydrogens (primary N) is 1. The molecule has 0 bridgehead atoms. The van der Waals surface area contributed by atoms with Gasteiger partial charge < -0.3 is 20.9 Å². The summed E-state index contributed by atoms with van der Waals surface area (Å²) in [5.41, 5.74) is 6.28. The molecular formula is C15H16N6O3. The van der Waals surface area contributed by atoms with Crippen molar-refractivity contribution in [3.8, 4) is 11.5 Å². The van der Waals surface area contributed by atoms with Crippen molar-refractivity contribution in [2.24, 2.45) is 5.73 Å². The number of amides is 1. The summed E-state index contributed by atoms with van der Waals surface area (Å²) in [5, 5.41) is 17.8. The number of primary amides is 1. The maximum absolute atomic E-state index is 10.9. The van der Waals surface area contributed by atoms with Gasteiger partial charge in [-0.3, -0.25) is 9.48 Å². The summed E-state index contributed by atoms with van der Waals surface area (Å²) in [6.45, 7) is 2.33. The highest BCUT2D eigenvalue weighted by atomic mass is 16.5. The molecule has 3 rings (SSSR count). The fraction of sp³-hybridized carbons (Fsp3) is 0.200. The average molecular weight is 328 g/mol. The lowest BCUT2D eigenvalue weighted by molar-refractivity contribution is -0.118. The van der Waals surface area contributed by atoms with E-state index in [0.717, 1.165) is 0 Å². The van der Waals surface area contributed by atoms with Gasteiger partial charge in [-0.1, -0.05) is 0 Å². The number of carbonyl (C=O) groups is 1. The molecule has 0 atom stereocenters. The molecule has 1 aromatic carbocycles. The van der Waals surface area contributed by atoms with Crippen molar-refractivity contribution in [3.05, 3.63) is 30.9 Å². The van der Waals surface area contributed by atoms with E-state index in [1.807, 2.05) is 6.92 Å². The second-order valence-corrected chi connectivity index (χ2v) is 5.01. The second kappa shape index (κ2) is 6.41. The summed E-state index contributed by atoms with van der Waals surface area (Å²) in [4.78, 5) is 19.2. The van der Waals surface area contributed by atoms with E-state index in [9.17, 15) is 9.90 Å². The molecule has 0 saturated heterocycles. The standard InChI is InChI=1S/C15H16N6O3/c1-2-24-10-3-11-14(12(22)4-10)15(18-8-17-11)20-9-5-19-21(6-9)7-13(16)23/h3-6,8,22H,2,7H2,1H3,(H2,16,23)(H,17,18,20). The third-order valence-electron chi connectivity index (χ3n) is 3.22. The molecule has 0 unspecified atom stereocenters. The molecule has 0 aliphatic rings. The summed E-state index contributed by atoms with van der Waals surface area (Å²) < 4.78 is 6.80. The average Bonchev–Trinajstić information content (AvgIpc) is 2.93. The van der Waals surface area contributed by atoms with Gasteiger partial charge in [-0.2, -0.15) is 5.10 Å². The molecule has 9 nitrogen and oxygen atoms in total. The van der Waals surface area contributed by atoms with Gasteiger partial charge in [-0.25, -0.2) is 9.97 Å². The summed E-state index contributed by atoms with van der Waals surface area (Å²) in [7, 11) is 0. The van der Waals surface area contributed by atoms with Crippen molar-refractivity contribution < 1.29 is 14.6 Å². The maximum Gasteiger partial charge on any atom is 0.239 e. The molecule has 0 spiro atoms. The summed E-state index contributed by atoms with van der Waals surface area (Å²) in [6, 6.07) is 3.23. The van der Waals surface area contributed by atoms with Crippen LogP contribution in [0.1, 0.15) is 6.92 Å². The lowest BCUT2D eigenvalue weighted by Crippen LogP contribution is -2.18. The Hall–Kier alpha value is -3.36. The lowest BCUT2D eigenvalue weighted by atomic mass is 10.2. The third kappa shape index (κ3) is 3.19. The Morgan fingerprint density at radius 3 is 3.00 bits per heavy atom. The minimum atomic E-state index is -0.488. The zero-order chi connectivity index (χ0) is 17.1. The van der Waals surface area contributed by atoms with Gasteiger partial charge in [0.05, 0.1) is 29.4 Å². The Labute approximate surface area is 137 Å². The Morgan fingerprint density at radius 2 is 2.25 bits per heavy atom. The highest BCUT2D eigenvalue weighted by Gasteiger charge is 2.12. The fourth-order valence-electron chi connectivity index (χ4n) is 2.30. The van der Waals surface area contributed by atoms with E-state index >= 15 is 0 Å². The van der Waals surface area contributed by atoms with Crippen LogP contribution in [0, 0.1) is 0 Å². The lowest BCUT2D eigenvalue weighted by Gasteiger charge is -2.10. The summed E-state index contributed by atoms with van der Waals surface area (Å²) >= 11 is 0. The van der Waals surface area contributed by atoms with Crippen molar-refractivity contribution in [1.29, 1.82) is 0 Å². The van der Waals surface area contributed by atoms with Crippen LogP contribution in [0.15, 0.2) is 30.9 Å². The van der Waals surface area contributed by atoms with Crippen LogP contribution in [0.2, 0.25) is 0 Å². The molecule has 0 fully saturated rings. The van der Waals surface area contributed by atoms with Crippen molar-refractivity contribution >= 4 is 28.3 Å². The van der Waals surface area contributed by atoms with Crippen molar-refractivity contribution in [2.75, 3.05) is 11.9 Å². The van der Waals surface area contributed by atoms with E-state index in [2.05, 4.69) is 20.4 Å². The number of aromatic hydroxyl groups is 1. The van der Waals surface area contributed by atoms with E-state index in [-0.39, 0.29) is 12.3 Å². The van der Waals surface area contributed by atoms with Crippen LogP contribution in [-0.2, 0) is 11.3 Å². The number of rotatable bonds is 6. The zero-order valence-electron chi connectivity index (χ0n) is 12.9. The van der Waals surface area contributed by atoms with E-state index in [4.69, 9.17) is 10.5 Å². The van der Waals surface area contributed by atoms with Crippen LogP contribution in [0.4, 0.5) is 11.5 Å². The van der Waals surface area contributed by atoms with Gasteiger partial charge in [0.25, 0.3) is 0 Å². The first kappa shape index (κ1) is 15.5. The smallest absolute Gasteiger partial charge is 0.239 e. The molecule has 1 amide bonds. The molecule has 3 aromatic rings. The minimum Gasteiger partial charge on any atom is -0.507 e. The molecule has 2 aromatic heterocycles. The number of aromatic nitrogens is 4. The van der Waals surface area contributed by atoms with E-state index in [1.165, 1.54) is 23.3 Å². The first-order valence-corrected chi connectivity index (χ1v) is 7.25. The molecule has 0 aliphatic heterocycles. The first-order chi connectivity index (χ1) is 11.6. The Balaban J connectivity index is 1.94. The number of phenolic OH excluding ortho intramolecular Hbond substituents is 1. The topological polar surface area (TPSA) is 128 Å². The normalized spacial score (nSPS) is 10.7. The first-order valence-electron chi connectivity index (χ1n) is 7.25. The number of fused-ring (bicyclic) bond motifs is 1. The largest absolute Gasteiger partial charge is 0.507 e. The maximum atomic E-state index is 10.9. The highest BCUT2D eigenvalue weighted by Crippen LogP contribution is 2.34. The fourth-order valence-corrected chi connectivity index (χ4v) is 2.30. The van der Waals surface area contributed by atoms with Crippen molar-refractivity contribution in [1.82, 2.24) is 19.7 Å². The quantitative estimate of drug-likeness (QED) is 0.619. The van der Waals surface area contributed by atoms with Crippen LogP contribution in [0.5, 0.6) is 11.5 Å². The Morgan fingerprint density at radius 1 is 1.42 bits per heavy atom. The van der Waals surface area contributed by atoms with Crippen LogP contribution in [-0.4, -0.2) is 37.4 Å². The van der Waals surface area contributed by atoms with Gasteiger partial charge in [0, 0.05) is 18.3 Å². The summed E-state index contributed by atoms with van der Waals surface area (Å²) in [5.74, 6) is 0.461. The van der Waals surface area contributed by atoms with Gasteiger partial charge in [0.1, 0.15) is 30.2 Å². The minimum absolute atomic E-state index is 0.00331. The van der Waals surface area contributed by atoms with E-state index < -0.39 is 5.91 Å². The van der Waals surface area contributed by atoms with Crippen molar-refractivity contribution in [3.63, 3.8) is 0 Å². The number of ether oxygens (including phenoxy) is 1. The van der Waals surface area contributed by atoms with E-state index in [1.54, 1.807) is 12.3 Å². The molecule has 0 saturated carbocycles. The Kier molecular flexibility index (Phi) is 4.15. The number of hydrogen-bond acceptors (Lipinski definition) is 7. The molecule has 0 aliphatic carbocycles. The SMILES string of the molecule is CCOc1cc(O)c2c(Nc3cnn(CC(N)=O)c3)ncnc2c1. The zero-order valence-corrected chi connectivity index (χ0v) is 12.9. The summed E-state index contributed by atoms with van der Waals surface area (Å²) in [6.07, 6.45) is 4.53. The third-order valence-corrected chi connectivity index (χ3v) is 3.22. The number of carbonyl (C=O) groups excluding carboxylic acids is 1. The number of nitrogens with one attached hydrogen (secondary N) is 1. The molecule has 9 heteroatoms. The predicted molar refractivity (Wildman–Crippen MR) is 87.1 cm³/mol. The van der Waals surface area contributed by atoms with Crippen molar-refractivity contribution in [2.45, 2.75) is 13.5 Å². The number of hydrogen-bond donors (Lipinski definition) is 3. The predicted octanol–water partition coefficient (Wildman–Crippen LogP) is 1.16. The Bertz CT molecular complexity index is 892. The molecular weight excluding hydrogens is 312 g/mol. The van der Waals surface area contributed by atoms with Gasteiger partial charge >= 0.3 is 0 Å². The number of phenols is 1. The van der Waals surface area contributed by atoms with Gasteiger partial charge in [0.15, 0.2) is 0 Å². The molecule has 24 heavy (non-hydrogen) atoms. The molecule has 4 N–H and O–H groups in total. The van der Waals surface area contributed by atoms with Crippen LogP contribution in [0.25, 0.3) is 10.9 Å². The van der Waals surface area contributed by atoms with Crippen LogP contribution in [0.3, 0.4) is 0 Å². The highest BCUT2D eigenvalue weighted by molar-refractivity contribution is 5.96. The number of anilines is 2. The van der Waals surface area contributed by atoms with Gasteiger partial charge in [-0.05, 0) is 6.92 Å². The van der Waals surface area contributed by atoms with Gasteiger partial charge in [0.2, 0.25) is 5.91 Å². The van der Waals surface area contributed by atoms with E-state index in [0.29, 0.717) is 34.8 Å². The monoisotopic (exact) mass is 328 g/mol. The second-order valence-electron chi connectivity index (χ2n) is 5.01. The number of nitrogens with zero attached hydrogens (tertiary/aromatic N) is 4. The van der Waals surface area contributed by atoms with Crippen LogP contribution < -0.4 is 15.8 Å². The van der Waals surface area contributed by atoms with Crippen LogP contribution >= 0.6 is 0 Å². The molecule has 124 valence electrons. The molecule has 0 radical (unpaired) electrons. The molecule has 2 heterocycles.